The van der Waals surface area contributed by atoms with Crippen molar-refractivity contribution in [1.29, 1.82) is 0 Å². The van der Waals surface area contributed by atoms with Gasteiger partial charge in [-0.15, -0.1) is 0 Å². The molecule has 0 N–H and O–H groups in total. The van der Waals surface area contributed by atoms with Crippen molar-refractivity contribution in [3.63, 3.8) is 0 Å². The van der Waals surface area contributed by atoms with Gasteiger partial charge in [-0.1, -0.05) is 13.8 Å². The number of esters is 1. The van der Waals surface area contributed by atoms with Gasteiger partial charge in [0.2, 0.25) is 0 Å². The molecule has 0 aromatic carbocycles. The summed E-state index contributed by atoms with van der Waals surface area (Å²) in [5.74, 6) is 0.716. The van der Waals surface area contributed by atoms with Crippen LogP contribution in [0.5, 0.6) is 0 Å². The molecule has 3 saturated carbocycles. The van der Waals surface area contributed by atoms with Crippen LogP contribution in [0.25, 0.3) is 0 Å². The number of fused-ring (bicyclic) bond motifs is 3. The Morgan fingerprint density at radius 1 is 1.14 bits per heavy atom. The van der Waals surface area contributed by atoms with Crippen molar-refractivity contribution >= 4 is 5.97 Å². The van der Waals surface area contributed by atoms with E-state index < -0.39 is 0 Å². The van der Waals surface area contributed by atoms with E-state index in [9.17, 15) is 4.79 Å². The van der Waals surface area contributed by atoms with E-state index in [1.807, 2.05) is 20.8 Å². The van der Waals surface area contributed by atoms with Crippen LogP contribution in [0.2, 0.25) is 0 Å². The molecule has 0 spiro atoms. The van der Waals surface area contributed by atoms with Crippen LogP contribution in [0, 0.1) is 17.8 Å². The maximum absolute atomic E-state index is 11.6. The normalized spacial score (nSPS) is 32.5. The highest BCUT2D eigenvalue weighted by Crippen LogP contribution is 2.46. The van der Waals surface area contributed by atoms with Crippen LogP contribution >= 0.6 is 0 Å². The lowest BCUT2D eigenvalue weighted by Crippen LogP contribution is -2.43. The Bertz CT molecular complexity index is 333. The van der Waals surface area contributed by atoms with Crippen LogP contribution < -0.4 is 0 Å². The molecule has 122 valence electrons. The molecular formula is C17H30O4. The van der Waals surface area contributed by atoms with Crippen molar-refractivity contribution in [2.45, 2.75) is 71.0 Å². The molecule has 0 aromatic heterocycles. The number of hydrogen-bond acceptors (Lipinski definition) is 4. The summed E-state index contributed by atoms with van der Waals surface area (Å²) >= 11 is 0. The predicted octanol–water partition coefficient (Wildman–Crippen LogP) is 3.53. The fraction of sp³-hybridized carbons (Fsp3) is 0.941. The summed E-state index contributed by atoms with van der Waals surface area (Å²) in [6, 6.07) is 0. The van der Waals surface area contributed by atoms with Crippen molar-refractivity contribution in [2.75, 3.05) is 13.9 Å². The second kappa shape index (κ2) is 7.10. The molecule has 4 heteroatoms. The van der Waals surface area contributed by atoms with E-state index in [2.05, 4.69) is 0 Å². The minimum absolute atomic E-state index is 0.0181. The average Bonchev–Trinajstić information content (AvgIpc) is 2.54. The van der Waals surface area contributed by atoms with Crippen molar-refractivity contribution < 1.29 is 19.0 Å². The Kier molecular flexibility index (Phi) is 5.67. The van der Waals surface area contributed by atoms with E-state index in [-0.39, 0.29) is 29.5 Å². The standard InChI is InChI=1S/C17H30O4/c1-12(13(2)16(18)19-4)14(3)20-11-21-17-8-5-15(6-9-17)7-10-17/h12-15H,5-11H2,1-4H3. The SMILES string of the molecule is COC(=O)C(C)C(C)C(C)OCOC12CCC(CC1)CC2. The van der Waals surface area contributed by atoms with Crippen LogP contribution in [0.15, 0.2) is 0 Å². The van der Waals surface area contributed by atoms with Crippen LogP contribution in [0.3, 0.4) is 0 Å². The molecule has 3 atom stereocenters. The number of rotatable bonds is 7. The van der Waals surface area contributed by atoms with Crippen molar-refractivity contribution in [1.82, 2.24) is 0 Å². The summed E-state index contributed by atoms with van der Waals surface area (Å²) in [4.78, 5) is 11.6. The Morgan fingerprint density at radius 2 is 1.71 bits per heavy atom. The minimum atomic E-state index is -0.178. The molecule has 3 fully saturated rings. The zero-order chi connectivity index (χ0) is 15.5. The Labute approximate surface area is 128 Å². The topological polar surface area (TPSA) is 44.8 Å². The van der Waals surface area contributed by atoms with E-state index in [0.717, 1.165) is 5.92 Å². The molecule has 3 aliphatic rings. The molecule has 0 saturated heterocycles. The molecule has 0 aliphatic heterocycles. The summed E-state index contributed by atoms with van der Waals surface area (Å²) in [5, 5.41) is 0. The van der Waals surface area contributed by atoms with E-state index in [1.165, 1.54) is 45.6 Å². The zero-order valence-electron chi connectivity index (χ0n) is 13.9. The van der Waals surface area contributed by atoms with Crippen LogP contribution in [0.4, 0.5) is 0 Å². The number of carbonyl (C=O) groups is 1. The maximum atomic E-state index is 11.6. The summed E-state index contributed by atoms with van der Waals surface area (Å²) in [6.45, 7) is 6.25. The lowest BCUT2D eigenvalue weighted by molar-refractivity contribution is -0.197. The first-order chi connectivity index (χ1) is 9.97. The predicted molar refractivity (Wildman–Crippen MR) is 80.8 cm³/mol. The Morgan fingerprint density at radius 3 is 2.24 bits per heavy atom. The smallest absolute Gasteiger partial charge is 0.308 e. The summed E-state index contributed by atoms with van der Waals surface area (Å²) in [5.41, 5.74) is 0.0751. The summed E-state index contributed by atoms with van der Waals surface area (Å²) < 4.78 is 16.7. The number of methoxy groups -OCH3 is 1. The van der Waals surface area contributed by atoms with E-state index in [0.29, 0.717) is 6.79 Å². The molecule has 4 nitrogen and oxygen atoms in total. The van der Waals surface area contributed by atoms with Gasteiger partial charge in [-0.2, -0.15) is 0 Å². The molecule has 0 radical (unpaired) electrons. The van der Waals surface area contributed by atoms with E-state index in [1.54, 1.807) is 0 Å². The molecule has 3 unspecified atom stereocenters. The molecule has 0 aromatic rings. The van der Waals surface area contributed by atoms with Crippen molar-refractivity contribution in [3.05, 3.63) is 0 Å². The highest BCUT2D eigenvalue weighted by atomic mass is 16.7. The third kappa shape index (κ3) is 3.98. The van der Waals surface area contributed by atoms with Gasteiger partial charge in [-0.05, 0) is 57.3 Å². The van der Waals surface area contributed by atoms with Gasteiger partial charge in [0.15, 0.2) is 0 Å². The second-order valence-corrected chi connectivity index (χ2v) is 6.97. The Balaban J connectivity index is 1.73. The number of carbonyl (C=O) groups excluding carboxylic acids is 1. The van der Waals surface area contributed by atoms with E-state index >= 15 is 0 Å². The van der Waals surface area contributed by atoms with Gasteiger partial charge in [0.25, 0.3) is 0 Å². The van der Waals surface area contributed by atoms with Gasteiger partial charge in [-0.3, -0.25) is 4.79 Å². The van der Waals surface area contributed by atoms with Gasteiger partial charge in [0.05, 0.1) is 24.7 Å². The van der Waals surface area contributed by atoms with Crippen LogP contribution in [-0.4, -0.2) is 31.6 Å². The van der Waals surface area contributed by atoms with Gasteiger partial charge in [-0.25, -0.2) is 0 Å². The largest absolute Gasteiger partial charge is 0.469 e. The molecule has 21 heavy (non-hydrogen) atoms. The highest BCUT2D eigenvalue weighted by Gasteiger charge is 2.41. The quantitative estimate of drug-likeness (QED) is 0.533. The molecule has 3 aliphatic carbocycles. The van der Waals surface area contributed by atoms with Gasteiger partial charge in [0, 0.05) is 0 Å². The van der Waals surface area contributed by atoms with Crippen LogP contribution in [0.1, 0.15) is 59.3 Å². The van der Waals surface area contributed by atoms with Crippen molar-refractivity contribution in [2.24, 2.45) is 17.8 Å². The second-order valence-electron chi connectivity index (χ2n) is 6.97. The van der Waals surface area contributed by atoms with E-state index in [4.69, 9.17) is 14.2 Å². The number of ether oxygens (including phenoxy) is 3. The highest BCUT2D eigenvalue weighted by molar-refractivity contribution is 5.72. The monoisotopic (exact) mass is 298 g/mol. The van der Waals surface area contributed by atoms with Crippen LogP contribution in [-0.2, 0) is 19.0 Å². The fourth-order valence-corrected chi connectivity index (χ4v) is 3.65. The fourth-order valence-electron chi connectivity index (χ4n) is 3.65. The zero-order valence-corrected chi connectivity index (χ0v) is 13.9. The molecule has 2 bridgehead atoms. The molecular weight excluding hydrogens is 268 g/mol. The first kappa shape index (κ1) is 16.8. The summed E-state index contributed by atoms with van der Waals surface area (Å²) in [7, 11) is 1.43. The maximum Gasteiger partial charge on any atom is 0.308 e. The van der Waals surface area contributed by atoms with Crippen molar-refractivity contribution in [3.8, 4) is 0 Å². The summed E-state index contributed by atoms with van der Waals surface area (Å²) in [6.07, 6.45) is 7.47. The van der Waals surface area contributed by atoms with Gasteiger partial charge >= 0.3 is 5.97 Å². The average molecular weight is 298 g/mol. The lowest BCUT2D eigenvalue weighted by Gasteiger charge is -2.46. The minimum Gasteiger partial charge on any atom is -0.469 e. The Hall–Kier alpha value is -0.610. The third-order valence-corrected chi connectivity index (χ3v) is 5.82. The first-order valence-corrected chi connectivity index (χ1v) is 8.31. The van der Waals surface area contributed by atoms with Gasteiger partial charge < -0.3 is 14.2 Å². The lowest BCUT2D eigenvalue weighted by atomic mass is 9.68. The van der Waals surface area contributed by atoms with Gasteiger partial charge in [0.1, 0.15) is 6.79 Å². The molecule has 0 heterocycles. The molecule has 3 rings (SSSR count). The first-order valence-electron chi connectivity index (χ1n) is 8.31. The number of hydrogen-bond donors (Lipinski definition) is 0. The third-order valence-electron chi connectivity index (χ3n) is 5.82. The molecule has 0 amide bonds.